The number of ketones is 1. The number of rotatable bonds is 4. The molecular weight excluding hydrogens is 286 g/mol. The fourth-order valence-corrected chi connectivity index (χ4v) is 2.85. The molecule has 2 heterocycles. The maximum absolute atomic E-state index is 11.4. The highest BCUT2D eigenvalue weighted by molar-refractivity contribution is 5.95. The van der Waals surface area contributed by atoms with Crippen molar-refractivity contribution < 1.29 is 9.72 Å². The summed E-state index contributed by atoms with van der Waals surface area (Å²) in [4.78, 5) is 28.5. The Morgan fingerprint density at radius 1 is 1.50 bits per heavy atom. The summed E-state index contributed by atoms with van der Waals surface area (Å²) in [6.07, 6.45) is 3.19. The van der Waals surface area contributed by atoms with Crippen LogP contribution in [0.25, 0.3) is 0 Å². The van der Waals surface area contributed by atoms with E-state index in [1.807, 2.05) is 4.90 Å². The average Bonchev–Trinajstić information content (AvgIpc) is 3.17. The van der Waals surface area contributed by atoms with Crippen molar-refractivity contribution in [1.29, 1.82) is 0 Å². The molecule has 1 atom stereocenters. The Balaban J connectivity index is 2.03. The van der Waals surface area contributed by atoms with Crippen LogP contribution >= 0.6 is 0 Å². The Kier molecular flexibility index (Phi) is 3.58. The molecule has 2 aromatic rings. The number of benzene rings is 1. The van der Waals surface area contributed by atoms with Crippen LogP contribution in [0.2, 0.25) is 0 Å². The van der Waals surface area contributed by atoms with E-state index in [4.69, 9.17) is 0 Å². The van der Waals surface area contributed by atoms with E-state index in [0.717, 1.165) is 12.8 Å². The molecule has 0 saturated carbocycles. The number of nitrogens with zero attached hydrogens (tertiary/aromatic N) is 4. The maximum atomic E-state index is 11.4. The number of nitro benzene ring substituents is 1. The SMILES string of the molecule is CC(=O)c1ccc(N2CCC[C@H]2c2ncn[nH]2)c([N+](=O)[O-])c1. The third-order valence-corrected chi connectivity index (χ3v) is 3.89. The third-order valence-electron chi connectivity index (χ3n) is 3.89. The van der Waals surface area contributed by atoms with Gasteiger partial charge in [0.1, 0.15) is 17.8 Å². The predicted octanol–water partition coefficient (Wildman–Crippen LogP) is 2.26. The summed E-state index contributed by atoms with van der Waals surface area (Å²) >= 11 is 0. The zero-order valence-corrected chi connectivity index (χ0v) is 12.0. The van der Waals surface area contributed by atoms with E-state index in [0.29, 0.717) is 23.6 Å². The van der Waals surface area contributed by atoms with Gasteiger partial charge in [-0.3, -0.25) is 20.0 Å². The van der Waals surface area contributed by atoms with Gasteiger partial charge in [0.15, 0.2) is 5.78 Å². The van der Waals surface area contributed by atoms with Crippen LogP contribution < -0.4 is 4.90 Å². The Hall–Kier alpha value is -2.77. The summed E-state index contributed by atoms with van der Waals surface area (Å²) in [5.41, 5.74) is 0.791. The second-order valence-electron chi connectivity index (χ2n) is 5.24. The second kappa shape index (κ2) is 5.55. The second-order valence-corrected chi connectivity index (χ2v) is 5.24. The lowest BCUT2D eigenvalue weighted by atomic mass is 10.1. The summed E-state index contributed by atoms with van der Waals surface area (Å²) in [6.45, 7) is 2.09. The molecule has 0 spiro atoms. The van der Waals surface area contributed by atoms with Crippen molar-refractivity contribution >= 4 is 17.2 Å². The molecule has 1 N–H and O–H groups in total. The standard InChI is InChI=1S/C14H15N5O3/c1-9(20)10-4-5-11(13(7-10)19(21)22)18-6-2-3-12(18)14-15-8-16-17-14/h4-5,7-8,12H,2-3,6H2,1H3,(H,15,16,17)/t12-/m0/s1. The number of nitrogens with one attached hydrogen (secondary N) is 1. The van der Waals surface area contributed by atoms with Crippen molar-refractivity contribution in [3.8, 4) is 0 Å². The Labute approximate surface area is 126 Å². The van der Waals surface area contributed by atoms with Gasteiger partial charge in [0.05, 0.1) is 11.0 Å². The third kappa shape index (κ3) is 2.43. The molecule has 114 valence electrons. The van der Waals surface area contributed by atoms with Crippen molar-refractivity contribution in [3.63, 3.8) is 0 Å². The molecule has 0 amide bonds. The van der Waals surface area contributed by atoms with Gasteiger partial charge in [-0.2, -0.15) is 5.10 Å². The van der Waals surface area contributed by atoms with Crippen LogP contribution in [0, 0.1) is 10.1 Å². The number of Topliss-reactive ketones (excluding diaryl/α,β-unsaturated/α-hetero) is 1. The molecule has 8 heteroatoms. The largest absolute Gasteiger partial charge is 0.356 e. The minimum atomic E-state index is -0.447. The van der Waals surface area contributed by atoms with Gasteiger partial charge in [-0.1, -0.05) is 0 Å². The summed E-state index contributed by atoms with van der Waals surface area (Å²) in [5.74, 6) is 0.505. The summed E-state index contributed by atoms with van der Waals surface area (Å²) < 4.78 is 0. The molecule has 1 fully saturated rings. The number of hydrogen-bond donors (Lipinski definition) is 1. The average molecular weight is 301 g/mol. The Bertz CT molecular complexity index is 713. The first-order chi connectivity index (χ1) is 10.6. The van der Waals surface area contributed by atoms with Gasteiger partial charge in [-0.05, 0) is 31.9 Å². The lowest BCUT2D eigenvalue weighted by Gasteiger charge is -2.24. The molecule has 1 saturated heterocycles. The van der Waals surface area contributed by atoms with E-state index >= 15 is 0 Å². The zero-order chi connectivity index (χ0) is 15.7. The molecular formula is C14H15N5O3. The van der Waals surface area contributed by atoms with Crippen LogP contribution in [0.4, 0.5) is 11.4 Å². The zero-order valence-electron chi connectivity index (χ0n) is 12.0. The molecule has 0 unspecified atom stereocenters. The van der Waals surface area contributed by atoms with E-state index in [1.54, 1.807) is 12.1 Å². The number of carbonyl (C=O) groups is 1. The summed E-state index contributed by atoms with van der Waals surface area (Å²) in [7, 11) is 0. The first kappa shape index (κ1) is 14.2. The van der Waals surface area contributed by atoms with Crippen LogP contribution in [-0.4, -0.2) is 32.4 Å². The first-order valence-electron chi connectivity index (χ1n) is 6.99. The van der Waals surface area contributed by atoms with E-state index in [2.05, 4.69) is 15.2 Å². The molecule has 1 aromatic heterocycles. The minimum Gasteiger partial charge on any atom is -0.356 e. The van der Waals surface area contributed by atoms with Crippen molar-refractivity contribution in [3.05, 3.63) is 46.0 Å². The van der Waals surface area contributed by atoms with Crippen molar-refractivity contribution in [1.82, 2.24) is 15.2 Å². The number of aromatic nitrogens is 3. The molecule has 1 aliphatic heterocycles. The monoisotopic (exact) mass is 301 g/mol. The fraction of sp³-hybridized carbons (Fsp3) is 0.357. The molecule has 0 aliphatic carbocycles. The van der Waals surface area contributed by atoms with Gasteiger partial charge in [0.2, 0.25) is 0 Å². The van der Waals surface area contributed by atoms with Crippen molar-refractivity contribution in [2.75, 3.05) is 11.4 Å². The molecule has 8 nitrogen and oxygen atoms in total. The highest BCUT2D eigenvalue weighted by Crippen LogP contribution is 2.39. The number of hydrogen-bond acceptors (Lipinski definition) is 6. The number of aromatic amines is 1. The van der Waals surface area contributed by atoms with E-state index in [-0.39, 0.29) is 17.5 Å². The smallest absolute Gasteiger partial charge is 0.293 e. The van der Waals surface area contributed by atoms with E-state index < -0.39 is 4.92 Å². The lowest BCUT2D eigenvalue weighted by molar-refractivity contribution is -0.384. The highest BCUT2D eigenvalue weighted by Gasteiger charge is 2.32. The Morgan fingerprint density at radius 2 is 2.32 bits per heavy atom. The maximum Gasteiger partial charge on any atom is 0.293 e. The normalized spacial score (nSPS) is 17.7. The van der Waals surface area contributed by atoms with Gasteiger partial charge < -0.3 is 4.90 Å². The van der Waals surface area contributed by atoms with Crippen LogP contribution in [0.15, 0.2) is 24.5 Å². The quantitative estimate of drug-likeness (QED) is 0.527. The molecule has 22 heavy (non-hydrogen) atoms. The summed E-state index contributed by atoms with van der Waals surface area (Å²) in [6, 6.07) is 4.54. The van der Waals surface area contributed by atoms with E-state index in [9.17, 15) is 14.9 Å². The number of nitro groups is 1. The van der Waals surface area contributed by atoms with Gasteiger partial charge >= 0.3 is 0 Å². The van der Waals surface area contributed by atoms with Crippen molar-refractivity contribution in [2.45, 2.75) is 25.8 Å². The van der Waals surface area contributed by atoms with Gasteiger partial charge in [-0.15, -0.1) is 0 Å². The fourth-order valence-electron chi connectivity index (χ4n) is 2.85. The van der Waals surface area contributed by atoms with E-state index in [1.165, 1.54) is 19.3 Å². The first-order valence-corrected chi connectivity index (χ1v) is 6.99. The molecule has 1 aromatic carbocycles. The van der Waals surface area contributed by atoms with Crippen LogP contribution in [0.1, 0.15) is 42.0 Å². The topological polar surface area (TPSA) is 105 Å². The van der Waals surface area contributed by atoms with Crippen LogP contribution in [0.3, 0.4) is 0 Å². The molecule has 0 bridgehead atoms. The van der Waals surface area contributed by atoms with Crippen molar-refractivity contribution in [2.24, 2.45) is 0 Å². The van der Waals surface area contributed by atoms with Gasteiger partial charge in [-0.25, -0.2) is 4.98 Å². The minimum absolute atomic E-state index is 0.0564. The van der Waals surface area contributed by atoms with Crippen LogP contribution in [-0.2, 0) is 0 Å². The predicted molar refractivity (Wildman–Crippen MR) is 78.8 cm³/mol. The van der Waals surface area contributed by atoms with Gasteiger partial charge in [0.25, 0.3) is 5.69 Å². The molecule has 1 aliphatic rings. The molecule has 3 rings (SSSR count). The Morgan fingerprint density at radius 3 is 2.95 bits per heavy atom. The number of H-pyrrole nitrogens is 1. The number of carbonyl (C=O) groups excluding carboxylic acids is 1. The number of anilines is 1. The highest BCUT2D eigenvalue weighted by atomic mass is 16.6. The lowest BCUT2D eigenvalue weighted by Crippen LogP contribution is -2.24. The molecule has 0 radical (unpaired) electrons. The van der Waals surface area contributed by atoms with Crippen LogP contribution in [0.5, 0.6) is 0 Å². The summed E-state index contributed by atoms with van der Waals surface area (Å²) in [5, 5.41) is 18.1. The van der Waals surface area contributed by atoms with Gasteiger partial charge in [0, 0.05) is 18.2 Å².